The second-order valence-corrected chi connectivity index (χ2v) is 3.20. The fourth-order valence-corrected chi connectivity index (χ4v) is 1.40. The van der Waals surface area contributed by atoms with Gasteiger partial charge in [-0.25, -0.2) is 4.98 Å². The molecule has 0 spiro atoms. The number of pyridine rings is 1. The van der Waals surface area contributed by atoms with Crippen LogP contribution < -0.4 is 0 Å². The van der Waals surface area contributed by atoms with E-state index in [4.69, 9.17) is 28.3 Å². The van der Waals surface area contributed by atoms with Gasteiger partial charge in [-0.15, -0.1) is 0 Å². The van der Waals surface area contributed by atoms with Gasteiger partial charge in [-0.3, -0.25) is 0 Å². The Labute approximate surface area is 87.3 Å². The Bertz CT molecular complexity index is 354. The maximum absolute atomic E-state index is 12.3. The first-order chi connectivity index (χ1) is 6.36. The molecule has 0 unspecified atom stereocenters. The number of halogens is 5. The van der Waals surface area contributed by atoms with Crippen LogP contribution in [0.25, 0.3) is 0 Å². The molecule has 1 aromatic heterocycles. The molecule has 2 nitrogen and oxygen atoms in total. The summed E-state index contributed by atoms with van der Waals surface area (Å²) < 4.78 is 36.9. The molecule has 0 saturated heterocycles. The molecule has 14 heavy (non-hydrogen) atoms. The van der Waals surface area contributed by atoms with Gasteiger partial charge in [-0.1, -0.05) is 23.2 Å². The highest BCUT2D eigenvalue weighted by molar-refractivity contribution is 6.34. The average Bonchev–Trinajstić information content (AvgIpc) is 2.01. The van der Waals surface area contributed by atoms with Crippen LogP contribution in [0.2, 0.25) is 10.2 Å². The summed E-state index contributed by atoms with van der Waals surface area (Å²) in [5, 5.41) is 8.07. The van der Waals surface area contributed by atoms with Gasteiger partial charge in [0.1, 0.15) is 5.15 Å². The quantitative estimate of drug-likeness (QED) is 0.772. The highest BCUT2D eigenvalue weighted by Crippen LogP contribution is 2.34. The molecule has 1 heterocycles. The minimum Gasteiger partial charge on any atom is -0.392 e. The van der Waals surface area contributed by atoms with Gasteiger partial charge in [0.2, 0.25) is 0 Å². The van der Waals surface area contributed by atoms with Crippen LogP contribution in [-0.2, 0) is 12.8 Å². The third-order valence-corrected chi connectivity index (χ3v) is 2.00. The van der Waals surface area contributed by atoms with Crippen molar-refractivity contribution in [2.75, 3.05) is 0 Å². The zero-order valence-corrected chi connectivity index (χ0v) is 8.08. The predicted molar refractivity (Wildman–Crippen MR) is 45.2 cm³/mol. The van der Waals surface area contributed by atoms with E-state index in [9.17, 15) is 13.2 Å². The topological polar surface area (TPSA) is 33.1 Å². The molecule has 0 radical (unpaired) electrons. The van der Waals surface area contributed by atoms with E-state index >= 15 is 0 Å². The minimum absolute atomic E-state index is 0.250. The highest BCUT2D eigenvalue weighted by atomic mass is 35.5. The number of rotatable bonds is 1. The lowest BCUT2D eigenvalue weighted by atomic mass is 10.2. The first-order valence-electron chi connectivity index (χ1n) is 3.39. The lowest BCUT2D eigenvalue weighted by molar-refractivity contribution is -0.142. The van der Waals surface area contributed by atoms with E-state index in [1.165, 1.54) is 0 Å². The van der Waals surface area contributed by atoms with Crippen LogP contribution in [0.1, 0.15) is 11.3 Å². The van der Waals surface area contributed by atoms with Crippen molar-refractivity contribution in [3.05, 3.63) is 27.5 Å². The van der Waals surface area contributed by atoms with Crippen molar-refractivity contribution >= 4 is 23.2 Å². The first kappa shape index (κ1) is 11.6. The molecule has 0 fully saturated rings. The minimum atomic E-state index is -4.67. The zero-order chi connectivity index (χ0) is 10.9. The van der Waals surface area contributed by atoms with Gasteiger partial charge in [0.25, 0.3) is 0 Å². The number of hydrogen-bond donors (Lipinski definition) is 1. The maximum Gasteiger partial charge on any atom is 0.433 e. The lowest BCUT2D eigenvalue weighted by Crippen LogP contribution is -2.12. The van der Waals surface area contributed by atoms with Gasteiger partial charge < -0.3 is 5.11 Å². The summed E-state index contributed by atoms with van der Waals surface area (Å²) in [5.41, 5.74) is -1.72. The number of aromatic nitrogens is 1. The molecule has 78 valence electrons. The Kier molecular flexibility index (Phi) is 3.24. The summed E-state index contributed by atoms with van der Waals surface area (Å²) in [5.74, 6) is 0. The van der Waals surface area contributed by atoms with Crippen LogP contribution in [-0.4, -0.2) is 10.1 Å². The summed E-state index contributed by atoms with van der Waals surface area (Å²) >= 11 is 10.8. The summed E-state index contributed by atoms with van der Waals surface area (Å²) in [6.07, 6.45) is -4.67. The Hall–Kier alpha value is -0.520. The zero-order valence-electron chi connectivity index (χ0n) is 6.57. The number of alkyl halides is 3. The highest BCUT2D eigenvalue weighted by Gasteiger charge is 2.36. The molecule has 0 saturated carbocycles. The number of aliphatic hydroxyl groups excluding tert-OH is 1. The van der Waals surface area contributed by atoms with Crippen molar-refractivity contribution in [3.63, 3.8) is 0 Å². The normalized spacial score (nSPS) is 11.9. The molecule has 1 aromatic rings. The molecule has 0 aliphatic carbocycles. The van der Waals surface area contributed by atoms with Crippen molar-refractivity contribution in [2.45, 2.75) is 12.8 Å². The monoisotopic (exact) mass is 245 g/mol. The van der Waals surface area contributed by atoms with E-state index in [0.717, 1.165) is 6.07 Å². The van der Waals surface area contributed by atoms with Crippen molar-refractivity contribution < 1.29 is 18.3 Å². The standard InChI is InChI=1S/C7H4Cl2F3NO/c8-4-1-5(9)13-6(3(4)2-14)7(10,11)12/h1,14H,2H2. The maximum atomic E-state index is 12.3. The molecule has 0 amide bonds. The van der Waals surface area contributed by atoms with Crippen LogP contribution in [0.15, 0.2) is 6.07 Å². The van der Waals surface area contributed by atoms with Crippen LogP contribution >= 0.6 is 23.2 Å². The van der Waals surface area contributed by atoms with Crippen LogP contribution in [0.4, 0.5) is 13.2 Å². The molecular weight excluding hydrogens is 242 g/mol. The van der Waals surface area contributed by atoms with Crippen LogP contribution in [0.5, 0.6) is 0 Å². The number of nitrogens with zero attached hydrogens (tertiary/aromatic N) is 1. The summed E-state index contributed by atoms with van der Waals surface area (Å²) in [4.78, 5) is 3.07. The van der Waals surface area contributed by atoms with Crippen molar-refractivity contribution in [2.24, 2.45) is 0 Å². The van der Waals surface area contributed by atoms with Gasteiger partial charge >= 0.3 is 6.18 Å². The van der Waals surface area contributed by atoms with Crippen molar-refractivity contribution in [1.82, 2.24) is 4.98 Å². The van der Waals surface area contributed by atoms with E-state index in [1.54, 1.807) is 0 Å². The first-order valence-corrected chi connectivity index (χ1v) is 4.15. The van der Waals surface area contributed by atoms with E-state index in [1.807, 2.05) is 0 Å². The van der Waals surface area contributed by atoms with Gasteiger partial charge in [0.15, 0.2) is 5.69 Å². The molecular formula is C7H4Cl2F3NO. The average molecular weight is 246 g/mol. The summed E-state index contributed by atoms with van der Waals surface area (Å²) in [6.45, 7) is -0.835. The van der Waals surface area contributed by atoms with Crippen molar-refractivity contribution in [1.29, 1.82) is 0 Å². The van der Waals surface area contributed by atoms with E-state index in [-0.39, 0.29) is 10.2 Å². The van der Waals surface area contributed by atoms with Gasteiger partial charge in [0.05, 0.1) is 11.6 Å². The Morgan fingerprint density at radius 2 is 1.93 bits per heavy atom. The van der Waals surface area contributed by atoms with E-state index < -0.39 is 24.0 Å². The molecule has 0 bridgehead atoms. The van der Waals surface area contributed by atoms with Crippen molar-refractivity contribution in [3.8, 4) is 0 Å². The fraction of sp³-hybridized carbons (Fsp3) is 0.286. The number of hydrogen-bond acceptors (Lipinski definition) is 2. The Balaban J connectivity index is 3.40. The molecule has 0 aliphatic rings. The van der Waals surface area contributed by atoms with E-state index in [2.05, 4.69) is 4.98 Å². The Morgan fingerprint density at radius 3 is 2.36 bits per heavy atom. The lowest BCUT2D eigenvalue weighted by Gasteiger charge is -2.11. The van der Waals surface area contributed by atoms with Gasteiger partial charge in [-0.2, -0.15) is 13.2 Å². The second-order valence-electron chi connectivity index (χ2n) is 2.41. The Morgan fingerprint density at radius 1 is 1.36 bits per heavy atom. The molecule has 1 rings (SSSR count). The molecule has 0 atom stereocenters. The van der Waals surface area contributed by atoms with E-state index in [0.29, 0.717) is 0 Å². The van der Waals surface area contributed by atoms with Gasteiger partial charge in [0, 0.05) is 5.56 Å². The number of aliphatic hydroxyl groups is 1. The van der Waals surface area contributed by atoms with Gasteiger partial charge in [-0.05, 0) is 6.07 Å². The third-order valence-electron chi connectivity index (χ3n) is 1.47. The van der Waals surface area contributed by atoms with Crippen LogP contribution in [0.3, 0.4) is 0 Å². The third kappa shape index (κ3) is 2.29. The summed E-state index contributed by atoms with van der Waals surface area (Å²) in [7, 11) is 0. The second kappa shape index (κ2) is 3.92. The molecule has 0 aromatic carbocycles. The smallest absolute Gasteiger partial charge is 0.392 e. The SMILES string of the molecule is OCc1c(Cl)cc(Cl)nc1C(F)(F)F. The summed E-state index contributed by atoms with van der Waals surface area (Å²) in [6, 6.07) is 1.05. The predicted octanol–water partition coefficient (Wildman–Crippen LogP) is 2.90. The fourth-order valence-electron chi connectivity index (χ4n) is 0.896. The largest absolute Gasteiger partial charge is 0.433 e. The van der Waals surface area contributed by atoms with Crippen LogP contribution in [0, 0.1) is 0 Å². The molecule has 0 aliphatic heterocycles. The molecule has 7 heteroatoms. The molecule has 1 N–H and O–H groups in total.